The largest absolute Gasteiger partial charge is 0.326 e. The van der Waals surface area contributed by atoms with Gasteiger partial charge in [-0.25, -0.2) is 12.8 Å². The van der Waals surface area contributed by atoms with E-state index in [4.69, 9.17) is 0 Å². The fourth-order valence-electron chi connectivity index (χ4n) is 4.22. The Bertz CT molecular complexity index is 1180. The van der Waals surface area contributed by atoms with Crippen LogP contribution in [-0.2, 0) is 26.0 Å². The fourth-order valence-corrected chi connectivity index (χ4v) is 6.76. The summed E-state index contributed by atoms with van der Waals surface area (Å²) in [6.07, 6.45) is 1.41. The van der Waals surface area contributed by atoms with Crippen molar-refractivity contribution in [2.24, 2.45) is 5.92 Å². The molecule has 2 heterocycles. The molecule has 0 bridgehead atoms. The van der Waals surface area contributed by atoms with Gasteiger partial charge >= 0.3 is 0 Å². The number of anilines is 2. The van der Waals surface area contributed by atoms with Gasteiger partial charge in [-0.3, -0.25) is 9.59 Å². The highest BCUT2D eigenvalue weighted by molar-refractivity contribution is 9.10. The fraction of sp³-hybridized carbons (Fsp3) is 0.364. The molecule has 170 valence electrons. The molecular formula is C22H23BrFN3O4S. The molecule has 0 radical (unpaired) electrons. The number of halogens is 2. The Morgan fingerprint density at radius 3 is 2.50 bits per heavy atom. The number of benzene rings is 2. The quantitative estimate of drug-likeness (QED) is 0.663. The molecule has 2 aromatic rings. The van der Waals surface area contributed by atoms with Gasteiger partial charge in [0.25, 0.3) is 0 Å². The van der Waals surface area contributed by atoms with E-state index in [-0.39, 0.29) is 35.7 Å². The molecule has 0 aromatic heterocycles. The highest BCUT2D eigenvalue weighted by Gasteiger charge is 2.35. The summed E-state index contributed by atoms with van der Waals surface area (Å²) in [5, 5.41) is 2.70. The topological polar surface area (TPSA) is 86.8 Å². The first-order valence-corrected chi connectivity index (χ1v) is 12.6. The molecule has 2 aliphatic rings. The molecule has 7 nitrogen and oxygen atoms in total. The van der Waals surface area contributed by atoms with Gasteiger partial charge in [0.15, 0.2) is 0 Å². The van der Waals surface area contributed by atoms with Crippen LogP contribution in [0.15, 0.2) is 45.8 Å². The zero-order valence-electron chi connectivity index (χ0n) is 17.5. The molecule has 10 heteroatoms. The number of rotatable bonds is 4. The maximum Gasteiger partial charge on any atom is 0.244 e. The molecule has 2 amide bonds. The molecule has 1 saturated heterocycles. The molecule has 0 spiro atoms. The summed E-state index contributed by atoms with van der Waals surface area (Å²) in [7, 11) is -3.81. The highest BCUT2D eigenvalue weighted by atomic mass is 79.9. The number of sulfonamides is 1. The molecule has 0 saturated carbocycles. The normalized spacial score (nSPS) is 17.3. The third-order valence-corrected chi connectivity index (χ3v) is 8.80. The molecule has 32 heavy (non-hydrogen) atoms. The van der Waals surface area contributed by atoms with E-state index in [1.165, 1.54) is 29.4 Å². The summed E-state index contributed by atoms with van der Waals surface area (Å²) in [5.41, 5.74) is 1.93. The average molecular weight is 524 g/mol. The minimum atomic E-state index is -3.81. The third-order valence-electron chi connectivity index (χ3n) is 5.94. The van der Waals surface area contributed by atoms with E-state index in [0.29, 0.717) is 41.7 Å². The van der Waals surface area contributed by atoms with Crippen LogP contribution < -0.4 is 10.2 Å². The lowest BCUT2D eigenvalue weighted by atomic mass is 9.97. The minimum Gasteiger partial charge on any atom is -0.326 e. The lowest BCUT2D eigenvalue weighted by molar-refractivity contribution is -0.121. The number of carbonyl (C=O) groups is 2. The third kappa shape index (κ3) is 4.44. The lowest BCUT2D eigenvalue weighted by Gasteiger charge is -2.31. The molecule has 0 aliphatic carbocycles. The van der Waals surface area contributed by atoms with E-state index in [1.54, 1.807) is 23.1 Å². The van der Waals surface area contributed by atoms with Gasteiger partial charge in [-0.1, -0.05) is 6.07 Å². The van der Waals surface area contributed by atoms with Crippen LogP contribution >= 0.6 is 15.9 Å². The summed E-state index contributed by atoms with van der Waals surface area (Å²) in [4.78, 5) is 26.1. The predicted molar refractivity (Wildman–Crippen MR) is 122 cm³/mol. The van der Waals surface area contributed by atoms with Gasteiger partial charge in [0, 0.05) is 48.3 Å². The smallest absolute Gasteiger partial charge is 0.244 e. The van der Waals surface area contributed by atoms with Gasteiger partial charge in [-0.15, -0.1) is 0 Å². The van der Waals surface area contributed by atoms with E-state index in [9.17, 15) is 22.4 Å². The molecule has 2 aliphatic heterocycles. The molecule has 0 unspecified atom stereocenters. The van der Waals surface area contributed by atoms with Crippen molar-refractivity contribution >= 4 is 49.1 Å². The van der Waals surface area contributed by atoms with Crippen LogP contribution in [0.3, 0.4) is 0 Å². The second-order valence-corrected chi connectivity index (χ2v) is 10.8. The van der Waals surface area contributed by atoms with Crippen LogP contribution in [0.4, 0.5) is 15.8 Å². The SMILES string of the molecule is CC(=O)N1CCc2cc(Br)c(S(=O)(=O)N3CCC(C(=O)Nc4cccc(F)c4)CC3)cc21. The van der Waals surface area contributed by atoms with Gasteiger partial charge in [-0.05, 0) is 71.1 Å². The second-order valence-electron chi connectivity index (χ2n) is 8.01. The van der Waals surface area contributed by atoms with Crippen LogP contribution in [0, 0.1) is 11.7 Å². The van der Waals surface area contributed by atoms with Crippen molar-refractivity contribution in [2.75, 3.05) is 29.9 Å². The second kappa shape index (κ2) is 8.92. The zero-order valence-corrected chi connectivity index (χ0v) is 19.9. The maximum absolute atomic E-state index is 13.3. The Kier molecular flexibility index (Phi) is 6.37. The van der Waals surface area contributed by atoms with Gasteiger partial charge < -0.3 is 10.2 Å². The van der Waals surface area contributed by atoms with E-state index in [0.717, 1.165) is 5.56 Å². The number of amides is 2. The Hall–Kier alpha value is -2.30. The first-order valence-electron chi connectivity index (χ1n) is 10.3. The average Bonchev–Trinajstić information content (AvgIpc) is 3.16. The van der Waals surface area contributed by atoms with Gasteiger partial charge in [0.05, 0.1) is 4.90 Å². The molecule has 0 atom stereocenters. The van der Waals surface area contributed by atoms with Crippen LogP contribution in [0.5, 0.6) is 0 Å². The van der Waals surface area contributed by atoms with Crippen molar-refractivity contribution in [3.63, 3.8) is 0 Å². The Balaban J connectivity index is 1.47. The summed E-state index contributed by atoms with van der Waals surface area (Å²) < 4.78 is 41.9. The standard InChI is InChI=1S/C22H23BrFN3O4S/c1-14(28)27-10-7-16-11-19(23)21(13-20(16)27)32(30,31)26-8-5-15(6-9-26)22(29)25-18-4-2-3-17(24)12-18/h2-4,11-13,15H,5-10H2,1H3,(H,25,29). The first-order chi connectivity index (χ1) is 15.2. The molecule has 1 fully saturated rings. The molecule has 4 rings (SSSR count). The number of nitrogens with one attached hydrogen (secondary N) is 1. The van der Waals surface area contributed by atoms with Gasteiger partial charge in [0.2, 0.25) is 21.8 Å². The Morgan fingerprint density at radius 2 is 1.84 bits per heavy atom. The van der Waals surface area contributed by atoms with Crippen LogP contribution in [-0.4, -0.2) is 44.2 Å². The van der Waals surface area contributed by atoms with E-state index in [1.807, 2.05) is 0 Å². The summed E-state index contributed by atoms with van der Waals surface area (Å²) >= 11 is 3.38. The van der Waals surface area contributed by atoms with Crippen LogP contribution in [0.25, 0.3) is 0 Å². The number of nitrogens with zero attached hydrogens (tertiary/aromatic N) is 2. The summed E-state index contributed by atoms with van der Waals surface area (Å²) in [6.45, 7) is 2.39. The lowest BCUT2D eigenvalue weighted by Crippen LogP contribution is -2.41. The van der Waals surface area contributed by atoms with Crippen molar-refractivity contribution in [3.05, 3.63) is 52.3 Å². The van der Waals surface area contributed by atoms with Crippen molar-refractivity contribution < 1.29 is 22.4 Å². The molecule has 2 aromatic carbocycles. The van der Waals surface area contributed by atoms with E-state index < -0.39 is 15.8 Å². The Labute approximate surface area is 194 Å². The zero-order chi connectivity index (χ0) is 23.0. The van der Waals surface area contributed by atoms with Gasteiger partial charge in [-0.2, -0.15) is 4.31 Å². The van der Waals surface area contributed by atoms with Gasteiger partial charge in [0.1, 0.15) is 5.82 Å². The minimum absolute atomic E-state index is 0.118. The Morgan fingerprint density at radius 1 is 1.12 bits per heavy atom. The predicted octanol–water partition coefficient (Wildman–Crippen LogP) is 3.54. The number of piperidine rings is 1. The van der Waals surface area contributed by atoms with Crippen LogP contribution in [0.1, 0.15) is 25.3 Å². The van der Waals surface area contributed by atoms with Crippen molar-refractivity contribution in [2.45, 2.75) is 31.1 Å². The van der Waals surface area contributed by atoms with E-state index >= 15 is 0 Å². The van der Waals surface area contributed by atoms with Crippen LogP contribution in [0.2, 0.25) is 0 Å². The molecular weight excluding hydrogens is 501 g/mol. The van der Waals surface area contributed by atoms with Crippen molar-refractivity contribution in [3.8, 4) is 0 Å². The first kappa shape index (κ1) is 22.9. The van der Waals surface area contributed by atoms with E-state index in [2.05, 4.69) is 21.2 Å². The maximum atomic E-state index is 13.3. The summed E-state index contributed by atoms with van der Waals surface area (Å²) in [5.74, 6) is -1.17. The number of carbonyl (C=O) groups excluding carboxylic acids is 2. The van der Waals surface area contributed by atoms with Crippen molar-refractivity contribution in [1.82, 2.24) is 4.31 Å². The number of hydrogen-bond acceptors (Lipinski definition) is 4. The monoisotopic (exact) mass is 523 g/mol. The number of hydrogen-bond donors (Lipinski definition) is 1. The molecule has 1 N–H and O–H groups in total. The highest BCUT2D eigenvalue weighted by Crippen LogP contribution is 2.37. The number of fused-ring (bicyclic) bond motifs is 1. The van der Waals surface area contributed by atoms with Crippen molar-refractivity contribution in [1.29, 1.82) is 0 Å². The summed E-state index contributed by atoms with van der Waals surface area (Å²) in [6, 6.07) is 8.99.